The molecule has 29 heavy (non-hydrogen) atoms. The Kier molecular flexibility index (Phi) is 5.69. The van der Waals surface area contributed by atoms with E-state index in [-0.39, 0.29) is 12.5 Å². The van der Waals surface area contributed by atoms with E-state index in [0.29, 0.717) is 25.4 Å². The molecule has 150 valence electrons. The van der Waals surface area contributed by atoms with Crippen LogP contribution in [0.15, 0.2) is 54.9 Å². The summed E-state index contributed by atoms with van der Waals surface area (Å²) in [5.41, 5.74) is 2.06. The van der Waals surface area contributed by atoms with Gasteiger partial charge in [0.1, 0.15) is 18.5 Å². The van der Waals surface area contributed by atoms with E-state index in [2.05, 4.69) is 28.4 Å². The fourth-order valence-corrected chi connectivity index (χ4v) is 3.46. The summed E-state index contributed by atoms with van der Waals surface area (Å²) >= 11 is 0. The Morgan fingerprint density at radius 1 is 1.07 bits per heavy atom. The van der Waals surface area contributed by atoms with E-state index < -0.39 is 6.10 Å². The number of ether oxygens (including phenoxy) is 1. The van der Waals surface area contributed by atoms with Crippen LogP contribution in [0.1, 0.15) is 0 Å². The Morgan fingerprint density at radius 3 is 2.72 bits per heavy atom. The second-order valence-corrected chi connectivity index (χ2v) is 7.37. The van der Waals surface area contributed by atoms with Gasteiger partial charge < -0.3 is 14.7 Å². The average Bonchev–Trinajstić information content (AvgIpc) is 2.75. The quantitative estimate of drug-likeness (QED) is 0.689. The molecule has 1 saturated heterocycles. The highest BCUT2D eigenvalue weighted by Crippen LogP contribution is 2.26. The van der Waals surface area contributed by atoms with Gasteiger partial charge in [-0.15, -0.1) is 0 Å². The Labute approximate surface area is 169 Å². The number of β-amino-alcohol motifs (C(OH)–C–C–N with tert-alkyl or cyclic N) is 1. The smallest absolute Gasteiger partial charge is 0.236 e. The van der Waals surface area contributed by atoms with E-state index >= 15 is 0 Å². The number of hydrogen-bond acceptors (Lipinski definition) is 6. The van der Waals surface area contributed by atoms with Gasteiger partial charge in [-0.05, 0) is 40.6 Å². The van der Waals surface area contributed by atoms with Gasteiger partial charge in [-0.1, -0.05) is 18.2 Å². The van der Waals surface area contributed by atoms with Crippen molar-refractivity contribution in [3.8, 4) is 16.9 Å². The molecule has 3 aromatic rings. The third-order valence-corrected chi connectivity index (χ3v) is 5.18. The third-order valence-electron chi connectivity index (χ3n) is 5.18. The molecule has 1 aliphatic heterocycles. The van der Waals surface area contributed by atoms with Crippen LogP contribution in [0, 0.1) is 0 Å². The number of fused-ring (bicyclic) bond motifs is 1. The van der Waals surface area contributed by atoms with Crippen molar-refractivity contribution in [1.82, 2.24) is 20.0 Å². The van der Waals surface area contributed by atoms with E-state index in [1.807, 2.05) is 29.2 Å². The number of likely N-dealkylation sites (N-methyl/N-ethyl adjacent to an activating group) is 1. The lowest BCUT2D eigenvalue weighted by molar-refractivity contribution is -0.135. The molecule has 1 atom stereocenters. The molecule has 0 saturated carbocycles. The van der Waals surface area contributed by atoms with Crippen molar-refractivity contribution in [2.24, 2.45) is 0 Å². The van der Waals surface area contributed by atoms with Gasteiger partial charge in [-0.2, -0.15) is 10.2 Å². The zero-order chi connectivity index (χ0) is 20.2. The minimum atomic E-state index is -0.656. The Balaban J connectivity index is 1.39. The fraction of sp³-hybridized carbons (Fsp3) is 0.318. The number of nitrogens with zero attached hydrogens (tertiary/aromatic N) is 4. The van der Waals surface area contributed by atoms with Gasteiger partial charge in [0.05, 0.1) is 18.9 Å². The number of benzene rings is 2. The number of aliphatic hydroxyl groups is 1. The van der Waals surface area contributed by atoms with Crippen molar-refractivity contribution in [3.05, 3.63) is 54.9 Å². The number of carbonyl (C=O) groups is 1. The maximum absolute atomic E-state index is 11.8. The highest BCUT2D eigenvalue weighted by atomic mass is 16.5. The van der Waals surface area contributed by atoms with Crippen molar-refractivity contribution in [2.75, 3.05) is 39.8 Å². The molecule has 1 amide bonds. The van der Waals surface area contributed by atoms with Gasteiger partial charge in [-0.25, -0.2) is 0 Å². The van der Waals surface area contributed by atoms with Crippen LogP contribution in [0.25, 0.3) is 21.9 Å². The van der Waals surface area contributed by atoms with Crippen LogP contribution in [-0.2, 0) is 4.79 Å². The van der Waals surface area contributed by atoms with Crippen LogP contribution < -0.4 is 4.74 Å². The van der Waals surface area contributed by atoms with Gasteiger partial charge in [-0.3, -0.25) is 9.69 Å². The molecule has 2 heterocycles. The topological polar surface area (TPSA) is 78.8 Å². The molecule has 1 N–H and O–H groups in total. The molecule has 7 nitrogen and oxygen atoms in total. The summed E-state index contributed by atoms with van der Waals surface area (Å²) < 4.78 is 5.82. The molecule has 7 heteroatoms. The maximum atomic E-state index is 11.8. The van der Waals surface area contributed by atoms with Crippen LogP contribution in [-0.4, -0.2) is 76.9 Å². The first-order valence-electron chi connectivity index (χ1n) is 9.66. The molecular formula is C22H24N4O3. The van der Waals surface area contributed by atoms with Crippen LogP contribution in [0.3, 0.4) is 0 Å². The lowest BCUT2D eigenvalue weighted by atomic mass is 10.0. The van der Waals surface area contributed by atoms with Gasteiger partial charge in [0.15, 0.2) is 0 Å². The number of hydrogen-bond donors (Lipinski definition) is 1. The maximum Gasteiger partial charge on any atom is 0.236 e. The first kappa shape index (κ1) is 19.3. The van der Waals surface area contributed by atoms with Crippen molar-refractivity contribution in [1.29, 1.82) is 0 Å². The number of amides is 1. The van der Waals surface area contributed by atoms with E-state index in [1.54, 1.807) is 24.3 Å². The standard InChI is InChI=1S/C22H24N4O3/c1-25-8-9-26(14-22(25)28)13-20(27)15-29-21-5-4-16-2-3-17(10-19(16)11-21)18-6-7-23-24-12-18/h2-7,10-12,20,27H,8-9,13-15H2,1H3. The molecule has 0 spiro atoms. The molecule has 2 aromatic carbocycles. The van der Waals surface area contributed by atoms with E-state index in [0.717, 1.165) is 28.4 Å². The zero-order valence-electron chi connectivity index (χ0n) is 16.4. The number of rotatable bonds is 6. The first-order valence-corrected chi connectivity index (χ1v) is 9.66. The van der Waals surface area contributed by atoms with Crippen LogP contribution in [0.5, 0.6) is 5.75 Å². The Bertz CT molecular complexity index is 996. The number of carbonyl (C=O) groups excluding carboxylic acids is 1. The van der Waals surface area contributed by atoms with E-state index in [9.17, 15) is 9.90 Å². The zero-order valence-corrected chi connectivity index (χ0v) is 16.4. The van der Waals surface area contributed by atoms with Crippen LogP contribution in [0.2, 0.25) is 0 Å². The largest absolute Gasteiger partial charge is 0.491 e. The van der Waals surface area contributed by atoms with Gasteiger partial charge in [0.2, 0.25) is 5.91 Å². The monoisotopic (exact) mass is 392 g/mol. The molecule has 1 aliphatic rings. The van der Waals surface area contributed by atoms with Gasteiger partial charge in [0.25, 0.3) is 0 Å². The normalized spacial score (nSPS) is 16.2. The number of aliphatic hydroxyl groups excluding tert-OH is 1. The van der Waals surface area contributed by atoms with Crippen molar-refractivity contribution in [2.45, 2.75) is 6.10 Å². The second kappa shape index (κ2) is 8.55. The van der Waals surface area contributed by atoms with Crippen LogP contribution >= 0.6 is 0 Å². The molecular weight excluding hydrogens is 368 g/mol. The fourth-order valence-electron chi connectivity index (χ4n) is 3.46. The average molecular weight is 392 g/mol. The van der Waals surface area contributed by atoms with Gasteiger partial charge >= 0.3 is 0 Å². The third kappa shape index (κ3) is 4.70. The summed E-state index contributed by atoms with van der Waals surface area (Å²) in [6.45, 7) is 2.40. The molecule has 1 fully saturated rings. The van der Waals surface area contributed by atoms with Crippen molar-refractivity contribution >= 4 is 16.7 Å². The van der Waals surface area contributed by atoms with E-state index in [1.165, 1.54) is 0 Å². The lowest BCUT2D eigenvalue weighted by Gasteiger charge is -2.32. The van der Waals surface area contributed by atoms with E-state index in [4.69, 9.17) is 4.74 Å². The molecule has 1 unspecified atom stereocenters. The Morgan fingerprint density at radius 2 is 1.93 bits per heavy atom. The SMILES string of the molecule is CN1CCN(CC(O)COc2ccc3ccc(-c4ccnnc4)cc3c2)CC1=O. The summed E-state index contributed by atoms with van der Waals surface area (Å²) in [5.74, 6) is 0.787. The van der Waals surface area contributed by atoms with Crippen LogP contribution in [0.4, 0.5) is 0 Å². The Hall–Kier alpha value is -3.03. The second-order valence-electron chi connectivity index (χ2n) is 7.37. The molecule has 0 radical (unpaired) electrons. The molecule has 1 aromatic heterocycles. The molecule has 0 bridgehead atoms. The predicted molar refractivity (Wildman–Crippen MR) is 111 cm³/mol. The summed E-state index contributed by atoms with van der Waals surface area (Å²) in [5, 5.41) is 20.2. The highest BCUT2D eigenvalue weighted by Gasteiger charge is 2.22. The molecule has 4 rings (SSSR count). The lowest BCUT2D eigenvalue weighted by Crippen LogP contribution is -2.51. The summed E-state index contributed by atoms with van der Waals surface area (Å²) in [6.07, 6.45) is 2.76. The van der Waals surface area contributed by atoms with Gasteiger partial charge in [0, 0.05) is 32.2 Å². The molecule has 0 aliphatic carbocycles. The number of aromatic nitrogens is 2. The minimum absolute atomic E-state index is 0.0825. The predicted octanol–water partition coefficient (Wildman–Crippen LogP) is 1.81. The first-order chi connectivity index (χ1) is 14.1. The summed E-state index contributed by atoms with van der Waals surface area (Å²) in [4.78, 5) is 15.5. The van der Waals surface area contributed by atoms with Crippen molar-refractivity contribution < 1.29 is 14.6 Å². The highest BCUT2D eigenvalue weighted by molar-refractivity contribution is 5.88. The number of piperazine rings is 1. The summed E-state index contributed by atoms with van der Waals surface area (Å²) in [7, 11) is 1.80. The van der Waals surface area contributed by atoms with Crippen molar-refractivity contribution in [3.63, 3.8) is 0 Å². The summed E-state index contributed by atoms with van der Waals surface area (Å²) in [6, 6.07) is 14.0. The minimum Gasteiger partial charge on any atom is -0.491 e.